The van der Waals surface area contributed by atoms with Crippen molar-refractivity contribution in [1.29, 1.82) is 0 Å². The molecule has 142 valence electrons. The minimum Gasteiger partial charge on any atom is -0.299 e. The van der Waals surface area contributed by atoms with Crippen LogP contribution in [0, 0.1) is 17.7 Å². The molecule has 0 N–H and O–H groups in total. The van der Waals surface area contributed by atoms with Crippen molar-refractivity contribution in [1.82, 2.24) is 14.8 Å². The Balaban J connectivity index is 1.59. The number of rotatable bonds is 4. The normalized spacial score (nSPS) is 14.5. The Bertz CT molecular complexity index is 982. The molecule has 1 saturated carbocycles. The molecular formula is C23H22FN3S. The molecule has 28 heavy (non-hydrogen) atoms. The van der Waals surface area contributed by atoms with E-state index in [2.05, 4.69) is 26.6 Å². The van der Waals surface area contributed by atoms with Crippen LogP contribution in [0.2, 0.25) is 0 Å². The Morgan fingerprint density at radius 1 is 1.00 bits per heavy atom. The van der Waals surface area contributed by atoms with Gasteiger partial charge in [0.05, 0.1) is 5.75 Å². The summed E-state index contributed by atoms with van der Waals surface area (Å²) in [7, 11) is 0. The maximum absolute atomic E-state index is 13.8. The van der Waals surface area contributed by atoms with Crippen LogP contribution in [-0.4, -0.2) is 20.5 Å². The molecule has 0 saturated heterocycles. The lowest BCUT2D eigenvalue weighted by atomic mass is 9.95. The number of benzene rings is 2. The number of hydrogen-bond acceptors (Lipinski definition) is 3. The molecule has 1 fully saturated rings. The van der Waals surface area contributed by atoms with Crippen LogP contribution in [0.15, 0.2) is 59.8 Å². The van der Waals surface area contributed by atoms with Crippen molar-refractivity contribution in [2.45, 2.75) is 43.3 Å². The van der Waals surface area contributed by atoms with E-state index in [1.54, 1.807) is 17.8 Å². The van der Waals surface area contributed by atoms with Crippen molar-refractivity contribution >= 4 is 11.8 Å². The molecule has 0 bridgehead atoms. The molecule has 4 rings (SSSR count). The largest absolute Gasteiger partial charge is 0.299 e. The second kappa shape index (κ2) is 9.07. The molecule has 0 radical (unpaired) electrons. The summed E-state index contributed by atoms with van der Waals surface area (Å²) in [6.07, 6.45) is 5.93. The molecule has 0 unspecified atom stereocenters. The number of thioether (sulfide) groups is 1. The molecule has 5 heteroatoms. The van der Waals surface area contributed by atoms with Gasteiger partial charge in [-0.15, -0.1) is 10.2 Å². The van der Waals surface area contributed by atoms with Crippen LogP contribution < -0.4 is 0 Å². The van der Waals surface area contributed by atoms with Crippen LogP contribution in [0.25, 0.3) is 11.4 Å². The Hall–Kier alpha value is -2.58. The average Bonchev–Trinajstić information content (AvgIpc) is 3.16. The number of nitrogens with zero attached hydrogens (tertiary/aromatic N) is 3. The van der Waals surface area contributed by atoms with E-state index in [1.165, 1.54) is 31.4 Å². The Morgan fingerprint density at radius 3 is 2.61 bits per heavy atom. The van der Waals surface area contributed by atoms with E-state index >= 15 is 0 Å². The number of halogens is 1. The molecule has 1 aromatic heterocycles. The molecule has 3 aromatic rings. The first kappa shape index (κ1) is 18.8. The van der Waals surface area contributed by atoms with Crippen LogP contribution in [0.1, 0.15) is 43.7 Å². The minimum absolute atomic E-state index is 0.251. The molecule has 0 atom stereocenters. The fourth-order valence-corrected chi connectivity index (χ4v) is 4.38. The highest BCUT2D eigenvalue weighted by atomic mass is 32.2. The third-order valence-corrected chi connectivity index (χ3v) is 5.79. The predicted molar refractivity (Wildman–Crippen MR) is 112 cm³/mol. The van der Waals surface area contributed by atoms with Gasteiger partial charge in [0.1, 0.15) is 5.82 Å². The Kier molecular flexibility index (Phi) is 6.08. The van der Waals surface area contributed by atoms with E-state index in [0.29, 0.717) is 11.8 Å². The summed E-state index contributed by atoms with van der Waals surface area (Å²) in [6, 6.07) is 17.0. The lowest BCUT2D eigenvalue weighted by Crippen LogP contribution is -2.15. The topological polar surface area (TPSA) is 30.7 Å². The van der Waals surface area contributed by atoms with Gasteiger partial charge in [-0.1, -0.05) is 73.2 Å². The third kappa shape index (κ3) is 4.45. The maximum atomic E-state index is 13.8. The summed E-state index contributed by atoms with van der Waals surface area (Å²) >= 11 is 1.60. The lowest BCUT2D eigenvalue weighted by Gasteiger charge is -2.25. The first-order valence-electron chi connectivity index (χ1n) is 9.69. The first-order valence-corrected chi connectivity index (χ1v) is 10.7. The molecule has 3 nitrogen and oxygen atoms in total. The van der Waals surface area contributed by atoms with Crippen LogP contribution in [0.4, 0.5) is 4.39 Å². The molecule has 1 aliphatic rings. The molecule has 1 aliphatic carbocycles. The van der Waals surface area contributed by atoms with Gasteiger partial charge in [0.15, 0.2) is 11.0 Å². The van der Waals surface area contributed by atoms with Crippen molar-refractivity contribution in [3.05, 3.63) is 66.0 Å². The molecule has 2 aromatic carbocycles. The van der Waals surface area contributed by atoms with E-state index in [9.17, 15) is 4.39 Å². The van der Waals surface area contributed by atoms with Crippen LogP contribution in [0.3, 0.4) is 0 Å². The standard InChI is InChI=1S/C23H22FN3S/c24-20-13-7-12-19(17-20)22-25-26-23(27(22)21-14-5-2-6-15-21)28-16-8-11-18-9-3-1-4-10-18/h1,3-4,7,9-10,12-13,17,21H,2,5-6,14-16H2. The van der Waals surface area contributed by atoms with Gasteiger partial charge in [-0.2, -0.15) is 0 Å². The van der Waals surface area contributed by atoms with Gasteiger partial charge in [0.25, 0.3) is 0 Å². The zero-order valence-electron chi connectivity index (χ0n) is 15.6. The second-order valence-electron chi connectivity index (χ2n) is 6.93. The highest BCUT2D eigenvalue weighted by Gasteiger charge is 2.23. The summed E-state index contributed by atoms with van der Waals surface area (Å²) in [5, 5.41) is 9.71. The Labute approximate surface area is 169 Å². The minimum atomic E-state index is -0.251. The van der Waals surface area contributed by atoms with E-state index in [0.717, 1.165) is 34.9 Å². The summed E-state index contributed by atoms with van der Waals surface area (Å²) in [4.78, 5) is 0. The van der Waals surface area contributed by atoms with Gasteiger partial charge < -0.3 is 0 Å². The molecule has 0 spiro atoms. The average molecular weight is 392 g/mol. The van der Waals surface area contributed by atoms with Gasteiger partial charge in [-0.05, 0) is 37.1 Å². The van der Waals surface area contributed by atoms with Gasteiger partial charge in [-0.25, -0.2) is 4.39 Å². The van der Waals surface area contributed by atoms with Gasteiger partial charge in [0.2, 0.25) is 0 Å². The van der Waals surface area contributed by atoms with Crippen molar-refractivity contribution in [3.8, 4) is 23.2 Å². The predicted octanol–water partition coefficient (Wildman–Crippen LogP) is 5.73. The third-order valence-electron chi connectivity index (χ3n) is 4.97. The van der Waals surface area contributed by atoms with Crippen molar-refractivity contribution in [2.24, 2.45) is 0 Å². The number of aromatic nitrogens is 3. The Morgan fingerprint density at radius 2 is 1.82 bits per heavy atom. The summed E-state index contributed by atoms with van der Waals surface area (Å²) in [6.45, 7) is 0. The van der Waals surface area contributed by atoms with E-state index in [1.807, 2.05) is 36.4 Å². The fourth-order valence-electron chi connectivity index (χ4n) is 3.63. The number of hydrogen-bond donors (Lipinski definition) is 0. The zero-order chi connectivity index (χ0) is 19.2. The highest BCUT2D eigenvalue weighted by Crippen LogP contribution is 2.35. The smallest absolute Gasteiger partial charge is 0.192 e. The lowest BCUT2D eigenvalue weighted by molar-refractivity contribution is 0.339. The van der Waals surface area contributed by atoms with Gasteiger partial charge >= 0.3 is 0 Å². The first-order chi connectivity index (χ1) is 13.8. The van der Waals surface area contributed by atoms with Crippen molar-refractivity contribution < 1.29 is 4.39 Å². The fraction of sp³-hybridized carbons (Fsp3) is 0.304. The zero-order valence-corrected chi connectivity index (χ0v) is 16.5. The van der Waals surface area contributed by atoms with Gasteiger partial charge in [0, 0.05) is 17.2 Å². The van der Waals surface area contributed by atoms with Crippen molar-refractivity contribution in [2.75, 3.05) is 5.75 Å². The maximum Gasteiger partial charge on any atom is 0.192 e. The monoisotopic (exact) mass is 391 g/mol. The molecule has 1 heterocycles. The van der Waals surface area contributed by atoms with Crippen LogP contribution >= 0.6 is 11.8 Å². The molecule has 0 amide bonds. The highest BCUT2D eigenvalue weighted by molar-refractivity contribution is 7.99. The van der Waals surface area contributed by atoms with Crippen LogP contribution in [-0.2, 0) is 0 Å². The molecular weight excluding hydrogens is 369 g/mol. The summed E-state index contributed by atoms with van der Waals surface area (Å²) in [5.74, 6) is 7.54. The van der Waals surface area contributed by atoms with Gasteiger partial charge in [-0.3, -0.25) is 4.57 Å². The second-order valence-corrected chi connectivity index (χ2v) is 7.88. The quantitative estimate of drug-likeness (QED) is 0.420. The van der Waals surface area contributed by atoms with E-state index in [4.69, 9.17) is 0 Å². The van der Waals surface area contributed by atoms with Crippen LogP contribution in [0.5, 0.6) is 0 Å². The van der Waals surface area contributed by atoms with E-state index in [-0.39, 0.29) is 5.82 Å². The molecule has 0 aliphatic heterocycles. The summed E-state index contributed by atoms with van der Waals surface area (Å²) in [5.41, 5.74) is 1.79. The summed E-state index contributed by atoms with van der Waals surface area (Å²) < 4.78 is 16.0. The van der Waals surface area contributed by atoms with Crippen molar-refractivity contribution in [3.63, 3.8) is 0 Å². The van der Waals surface area contributed by atoms with E-state index < -0.39 is 0 Å². The SMILES string of the molecule is Fc1cccc(-c2nnc(SCC#Cc3ccccc3)n2C2CCCCC2)c1.